The predicted molar refractivity (Wildman–Crippen MR) is 61.0 cm³/mol. The summed E-state index contributed by atoms with van der Waals surface area (Å²) in [7, 11) is 0. The molecule has 0 unspecified atom stereocenters. The molecule has 2 rings (SSSR count). The van der Waals surface area contributed by atoms with Crippen LogP contribution in [0.1, 0.15) is 51.4 Å². The standard InChI is InChI=1S/C12H20N2O/c15-12-8-6-10-14(12)11-7-4-2-1-3-5-9-13-11/h1-10H2. The third kappa shape index (κ3) is 2.80. The Morgan fingerprint density at radius 2 is 1.73 bits per heavy atom. The van der Waals surface area contributed by atoms with Crippen molar-refractivity contribution in [3.05, 3.63) is 0 Å². The summed E-state index contributed by atoms with van der Waals surface area (Å²) in [6.45, 7) is 1.82. The Kier molecular flexibility index (Phi) is 3.75. The van der Waals surface area contributed by atoms with Crippen LogP contribution in [0.25, 0.3) is 0 Å². The second-order valence-corrected chi connectivity index (χ2v) is 4.46. The van der Waals surface area contributed by atoms with Gasteiger partial charge in [0.15, 0.2) is 0 Å². The SMILES string of the molecule is O=C1CCCN1C1=NCCCCCCC1. The zero-order valence-electron chi connectivity index (χ0n) is 9.37. The molecule has 1 amide bonds. The number of carbonyl (C=O) groups excluding carboxylic acids is 1. The first kappa shape index (κ1) is 10.7. The first-order chi connectivity index (χ1) is 7.38. The van der Waals surface area contributed by atoms with Crippen LogP contribution >= 0.6 is 0 Å². The van der Waals surface area contributed by atoms with E-state index >= 15 is 0 Å². The summed E-state index contributed by atoms with van der Waals surface area (Å²) in [5.41, 5.74) is 0. The molecule has 2 heterocycles. The summed E-state index contributed by atoms with van der Waals surface area (Å²) in [5, 5.41) is 0. The van der Waals surface area contributed by atoms with Crippen molar-refractivity contribution in [3.8, 4) is 0 Å². The van der Waals surface area contributed by atoms with E-state index in [-0.39, 0.29) is 5.91 Å². The first-order valence-electron chi connectivity index (χ1n) is 6.21. The molecule has 2 aliphatic rings. The van der Waals surface area contributed by atoms with Crippen molar-refractivity contribution >= 4 is 11.7 Å². The highest BCUT2D eigenvalue weighted by Gasteiger charge is 2.24. The quantitative estimate of drug-likeness (QED) is 0.601. The van der Waals surface area contributed by atoms with Gasteiger partial charge in [-0.3, -0.25) is 9.79 Å². The molecule has 0 spiro atoms. The van der Waals surface area contributed by atoms with Crippen LogP contribution < -0.4 is 0 Å². The lowest BCUT2D eigenvalue weighted by Gasteiger charge is -2.18. The third-order valence-corrected chi connectivity index (χ3v) is 3.24. The Labute approximate surface area is 91.6 Å². The molecular formula is C12H20N2O. The van der Waals surface area contributed by atoms with Gasteiger partial charge in [-0.05, 0) is 19.3 Å². The van der Waals surface area contributed by atoms with Crippen LogP contribution in [0.15, 0.2) is 4.99 Å². The summed E-state index contributed by atoms with van der Waals surface area (Å²) < 4.78 is 0. The number of likely N-dealkylation sites (tertiary alicyclic amines) is 1. The van der Waals surface area contributed by atoms with Crippen molar-refractivity contribution in [3.63, 3.8) is 0 Å². The number of amides is 1. The maximum atomic E-state index is 11.6. The van der Waals surface area contributed by atoms with Gasteiger partial charge in [0.25, 0.3) is 0 Å². The molecule has 1 fully saturated rings. The first-order valence-corrected chi connectivity index (χ1v) is 6.21. The summed E-state index contributed by atoms with van der Waals surface area (Å²) in [6.07, 6.45) is 9.04. The fourth-order valence-electron chi connectivity index (χ4n) is 2.35. The predicted octanol–water partition coefficient (Wildman–Crippen LogP) is 2.36. The van der Waals surface area contributed by atoms with Crippen molar-refractivity contribution in [1.82, 2.24) is 4.90 Å². The molecule has 0 aromatic rings. The van der Waals surface area contributed by atoms with Gasteiger partial charge in [-0.25, -0.2) is 0 Å². The van der Waals surface area contributed by atoms with E-state index < -0.39 is 0 Å². The molecule has 1 saturated heterocycles. The van der Waals surface area contributed by atoms with Gasteiger partial charge < -0.3 is 4.90 Å². The largest absolute Gasteiger partial charge is 0.301 e. The molecule has 15 heavy (non-hydrogen) atoms. The number of hydrogen-bond acceptors (Lipinski definition) is 2. The summed E-state index contributed by atoms with van der Waals surface area (Å²) in [4.78, 5) is 18.1. The van der Waals surface area contributed by atoms with E-state index in [4.69, 9.17) is 0 Å². The average Bonchev–Trinajstić information content (AvgIpc) is 2.68. The highest BCUT2D eigenvalue weighted by molar-refractivity contribution is 5.99. The van der Waals surface area contributed by atoms with Crippen molar-refractivity contribution in [2.24, 2.45) is 4.99 Å². The Hall–Kier alpha value is -0.860. The van der Waals surface area contributed by atoms with Crippen LogP contribution in [-0.2, 0) is 4.79 Å². The topological polar surface area (TPSA) is 32.7 Å². The lowest BCUT2D eigenvalue weighted by atomic mass is 10.1. The zero-order chi connectivity index (χ0) is 10.5. The van der Waals surface area contributed by atoms with Crippen molar-refractivity contribution in [1.29, 1.82) is 0 Å². The lowest BCUT2D eigenvalue weighted by Crippen LogP contribution is -2.32. The second kappa shape index (κ2) is 5.29. The molecule has 2 aliphatic heterocycles. The summed E-state index contributed by atoms with van der Waals surface area (Å²) in [5.74, 6) is 1.35. The summed E-state index contributed by atoms with van der Waals surface area (Å²) in [6, 6.07) is 0. The normalized spacial score (nSPS) is 24.4. The number of rotatable bonds is 0. The molecule has 0 saturated carbocycles. The molecule has 0 N–H and O–H groups in total. The van der Waals surface area contributed by atoms with E-state index in [2.05, 4.69) is 4.99 Å². The average molecular weight is 208 g/mol. The van der Waals surface area contributed by atoms with E-state index in [9.17, 15) is 4.79 Å². The van der Waals surface area contributed by atoms with Crippen LogP contribution in [0.3, 0.4) is 0 Å². The molecule has 0 bridgehead atoms. The van der Waals surface area contributed by atoms with E-state index in [0.717, 1.165) is 38.2 Å². The Balaban J connectivity index is 2.00. The van der Waals surface area contributed by atoms with Gasteiger partial charge >= 0.3 is 0 Å². The summed E-state index contributed by atoms with van der Waals surface area (Å²) >= 11 is 0. The molecule has 84 valence electrons. The smallest absolute Gasteiger partial charge is 0.227 e. The highest BCUT2D eigenvalue weighted by Crippen LogP contribution is 2.16. The Bertz CT molecular complexity index is 260. The van der Waals surface area contributed by atoms with Crippen LogP contribution in [0.2, 0.25) is 0 Å². The van der Waals surface area contributed by atoms with Gasteiger partial charge in [0, 0.05) is 25.9 Å². The van der Waals surface area contributed by atoms with Gasteiger partial charge in [-0.1, -0.05) is 19.3 Å². The maximum absolute atomic E-state index is 11.6. The molecule has 3 nitrogen and oxygen atoms in total. The fourth-order valence-corrected chi connectivity index (χ4v) is 2.35. The van der Waals surface area contributed by atoms with Gasteiger partial charge in [-0.2, -0.15) is 0 Å². The van der Waals surface area contributed by atoms with Crippen LogP contribution in [-0.4, -0.2) is 29.7 Å². The molecule has 0 radical (unpaired) electrons. The van der Waals surface area contributed by atoms with Crippen LogP contribution in [0.5, 0.6) is 0 Å². The second-order valence-electron chi connectivity index (χ2n) is 4.46. The Morgan fingerprint density at radius 3 is 2.53 bits per heavy atom. The lowest BCUT2D eigenvalue weighted by molar-refractivity contribution is -0.124. The molecule has 0 aliphatic carbocycles. The number of carbonyl (C=O) groups is 1. The van der Waals surface area contributed by atoms with Crippen molar-refractivity contribution in [2.75, 3.05) is 13.1 Å². The van der Waals surface area contributed by atoms with E-state index in [1.165, 1.54) is 32.1 Å². The molecule has 0 atom stereocenters. The maximum Gasteiger partial charge on any atom is 0.227 e. The molecular weight excluding hydrogens is 188 g/mol. The number of nitrogens with zero attached hydrogens (tertiary/aromatic N) is 2. The van der Waals surface area contributed by atoms with E-state index in [1.807, 2.05) is 4.90 Å². The monoisotopic (exact) mass is 208 g/mol. The number of amidine groups is 1. The van der Waals surface area contributed by atoms with Crippen LogP contribution in [0, 0.1) is 0 Å². The number of aliphatic imine (C=N–C) groups is 1. The molecule has 0 aromatic heterocycles. The minimum Gasteiger partial charge on any atom is -0.301 e. The Morgan fingerprint density at radius 1 is 0.933 bits per heavy atom. The molecule has 3 heteroatoms. The third-order valence-electron chi connectivity index (χ3n) is 3.24. The minimum absolute atomic E-state index is 0.285. The van der Waals surface area contributed by atoms with Crippen molar-refractivity contribution < 1.29 is 4.79 Å². The zero-order valence-corrected chi connectivity index (χ0v) is 9.37. The van der Waals surface area contributed by atoms with E-state index in [0.29, 0.717) is 0 Å². The van der Waals surface area contributed by atoms with Crippen LogP contribution in [0.4, 0.5) is 0 Å². The van der Waals surface area contributed by atoms with Gasteiger partial charge in [0.2, 0.25) is 5.91 Å². The van der Waals surface area contributed by atoms with Gasteiger partial charge in [0.05, 0.1) is 0 Å². The highest BCUT2D eigenvalue weighted by atomic mass is 16.2. The van der Waals surface area contributed by atoms with Crippen molar-refractivity contribution in [2.45, 2.75) is 51.4 Å². The van der Waals surface area contributed by atoms with Gasteiger partial charge in [-0.15, -0.1) is 0 Å². The minimum atomic E-state index is 0.285. The number of hydrogen-bond donors (Lipinski definition) is 0. The van der Waals surface area contributed by atoms with Gasteiger partial charge in [0.1, 0.15) is 5.84 Å². The fraction of sp³-hybridized carbons (Fsp3) is 0.833. The van der Waals surface area contributed by atoms with E-state index in [1.54, 1.807) is 0 Å². The molecule has 0 aromatic carbocycles.